The van der Waals surface area contributed by atoms with E-state index in [-0.39, 0.29) is 0 Å². The van der Waals surface area contributed by atoms with Crippen LogP contribution in [0.5, 0.6) is 0 Å². The highest BCUT2D eigenvalue weighted by Crippen LogP contribution is 2.30. The topological polar surface area (TPSA) is 94.0 Å². The zero-order chi connectivity index (χ0) is 13.2. The molecular formula is C10H11N7S2. The molecule has 0 spiro atoms. The van der Waals surface area contributed by atoms with Gasteiger partial charge in [0.25, 0.3) is 0 Å². The molecule has 0 saturated heterocycles. The molecule has 3 N–H and O–H groups in total. The lowest BCUT2D eigenvalue weighted by molar-refractivity contribution is 0.968. The van der Waals surface area contributed by atoms with Crippen molar-refractivity contribution in [1.82, 2.24) is 23.7 Å². The number of nitrogens with one attached hydrogen (secondary N) is 1. The highest BCUT2D eigenvalue weighted by Gasteiger charge is 2.12. The number of anilines is 1. The number of hydrogen-bond acceptors (Lipinski definition) is 8. The maximum Gasteiger partial charge on any atom is 0.176 e. The fourth-order valence-electron chi connectivity index (χ4n) is 1.55. The Labute approximate surface area is 117 Å². The number of aromatic nitrogens is 5. The number of nitrogen functional groups attached to an aromatic ring is 1. The van der Waals surface area contributed by atoms with Crippen molar-refractivity contribution in [3.05, 3.63) is 24.4 Å². The molecule has 0 saturated carbocycles. The summed E-state index contributed by atoms with van der Waals surface area (Å²) in [5.74, 6) is 6.84. The molecule has 98 valence electrons. The fraction of sp³-hybridized carbons (Fsp3) is 0.200. The molecule has 3 aromatic rings. The van der Waals surface area contributed by atoms with Crippen molar-refractivity contribution in [2.45, 2.75) is 22.7 Å². The third-order valence-electron chi connectivity index (χ3n) is 2.44. The van der Waals surface area contributed by atoms with Gasteiger partial charge in [-0.25, -0.2) is 20.8 Å². The van der Waals surface area contributed by atoms with Crippen molar-refractivity contribution in [1.29, 1.82) is 0 Å². The Hall–Kier alpha value is -1.71. The van der Waals surface area contributed by atoms with Crippen molar-refractivity contribution >= 4 is 34.8 Å². The molecule has 0 aliphatic rings. The summed E-state index contributed by atoms with van der Waals surface area (Å²) in [4.78, 5) is 13.1. The molecular weight excluding hydrogens is 282 g/mol. The van der Waals surface area contributed by atoms with Crippen molar-refractivity contribution < 1.29 is 0 Å². The first-order chi connectivity index (χ1) is 9.30. The monoisotopic (exact) mass is 293 g/mol. The summed E-state index contributed by atoms with van der Waals surface area (Å²) in [6, 6.07) is 0. The van der Waals surface area contributed by atoms with E-state index >= 15 is 0 Å². The van der Waals surface area contributed by atoms with Gasteiger partial charge in [-0.15, -0.1) is 0 Å². The summed E-state index contributed by atoms with van der Waals surface area (Å²) in [6.07, 6.45) is 6.18. The second-order valence-electron chi connectivity index (χ2n) is 3.67. The van der Waals surface area contributed by atoms with E-state index < -0.39 is 0 Å². The van der Waals surface area contributed by atoms with E-state index in [9.17, 15) is 0 Å². The maximum atomic E-state index is 5.42. The predicted octanol–water partition coefficient (Wildman–Crippen LogP) is 1.58. The highest BCUT2D eigenvalue weighted by atomic mass is 32.2. The average molecular weight is 293 g/mol. The molecule has 9 heteroatoms. The molecule has 3 heterocycles. The normalized spacial score (nSPS) is 11.1. The molecule has 0 bridgehead atoms. The number of imidazole rings is 1. The molecule has 19 heavy (non-hydrogen) atoms. The number of nitrogens with two attached hydrogens (primary N) is 1. The summed E-state index contributed by atoms with van der Waals surface area (Å²) >= 11 is 2.81. The smallest absolute Gasteiger partial charge is 0.176 e. The second kappa shape index (κ2) is 5.11. The number of hydrogen-bond donors (Lipinski definition) is 2. The van der Waals surface area contributed by atoms with Gasteiger partial charge in [-0.2, -0.15) is 4.37 Å². The van der Waals surface area contributed by atoms with Gasteiger partial charge >= 0.3 is 0 Å². The van der Waals surface area contributed by atoms with Crippen LogP contribution in [0.15, 0.2) is 28.0 Å². The van der Waals surface area contributed by atoms with Crippen LogP contribution >= 0.6 is 23.3 Å². The summed E-state index contributed by atoms with van der Waals surface area (Å²) in [5, 5.41) is 0.749. The minimum atomic E-state index is 0.577. The molecule has 7 nitrogen and oxygen atoms in total. The van der Waals surface area contributed by atoms with Crippen LogP contribution in [0.3, 0.4) is 0 Å². The Morgan fingerprint density at radius 1 is 1.47 bits per heavy atom. The zero-order valence-electron chi connectivity index (χ0n) is 10.1. The van der Waals surface area contributed by atoms with Crippen molar-refractivity contribution in [3.8, 4) is 0 Å². The van der Waals surface area contributed by atoms with Crippen LogP contribution in [0.2, 0.25) is 0 Å². The number of fused-ring (bicyclic) bond motifs is 1. The molecule has 0 fully saturated rings. The lowest BCUT2D eigenvalue weighted by Gasteiger charge is -2.04. The molecule has 0 aliphatic heterocycles. The van der Waals surface area contributed by atoms with Crippen molar-refractivity contribution in [2.24, 2.45) is 5.84 Å². The minimum absolute atomic E-state index is 0.577. The molecule has 3 rings (SSSR count). The zero-order valence-corrected chi connectivity index (χ0v) is 11.7. The van der Waals surface area contributed by atoms with Crippen LogP contribution in [-0.4, -0.2) is 23.7 Å². The molecule has 0 aromatic carbocycles. The van der Waals surface area contributed by atoms with Gasteiger partial charge in [0, 0.05) is 18.8 Å². The molecule has 0 unspecified atom stereocenters. The number of aryl methyl sites for hydroxylation is 1. The fourth-order valence-corrected chi connectivity index (χ4v) is 3.25. The summed E-state index contributed by atoms with van der Waals surface area (Å²) in [6.45, 7) is 2.03. The summed E-state index contributed by atoms with van der Waals surface area (Å²) in [7, 11) is 0. The second-order valence-corrected chi connectivity index (χ2v) is 5.65. The van der Waals surface area contributed by atoms with Gasteiger partial charge in [-0.1, -0.05) is 6.92 Å². The molecule has 0 amide bonds. The number of hydrazine groups is 1. The van der Waals surface area contributed by atoms with Gasteiger partial charge < -0.3 is 9.83 Å². The minimum Gasteiger partial charge on any atom is -0.307 e. The standard InChI is InChI=1S/C10H11N7S2/c1-2-6-14-10(19-16-6)18-9-8-12-3-4-17(8)5-7(13-9)15-11/h3-5,15H,2,11H2,1H3. The van der Waals surface area contributed by atoms with Crippen molar-refractivity contribution in [3.63, 3.8) is 0 Å². The van der Waals surface area contributed by atoms with Gasteiger partial charge in [-0.05, 0) is 23.3 Å². The van der Waals surface area contributed by atoms with Crippen LogP contribution < -0.4 is 11.3 Å². The van der Waals surface area contributed by atoms with E-state index in [1.807, 2.05) is 17.5 Å². The Balaban J connectivity index is 2.01. The SMILES string of the molecule is CCc1nsc(Sc2nc(NN)cn3ccnc23)n1. The van der Waals surface area contributed by atoms with Gasteiger partial charge in [0.15, 0.2) is 15.8 Å². The van der Waals surface area contributed by atoms with Crippen LogP contribution in [0.1, 0.15) is 12.7 Å². The highest BCUT2D eigenvalue weighted by molar-refractivity contribution is 8.01. The van der Waals surface area contributed by atoms with E-state index in [4.69, 9.17) is 5.84 Å². The Kier molecular flexibility index (Phi) is 3.32. The van der Waals surface area contributed by atoms with Crippen LogP contribution in [0, 0.1) is 0 Å². The third-order valence-corrected chi connectivity index (χ3v) is 4.20. The van der Waals surface area contributed by atoms with E-state index in [0.29, 0.717) is 5.82 Å². The van der Waals surface area contributed by atoms with Crippen LogP contribution in [-0.2, 0) is 6.42 Å². The Morgan fingerprint density at radius 3 is 3.11 bits per heavy atom. The predicted molar refractivity (Wildman–Crippen MR) is 74.2 cm³/mol. The van der Waals surface area contributed by atoms with Gasteiger partial charge in [0.2, 0.25) is 0 Å². The average Bonchev–Trinajstić information content (AvgIpc) is 3.06. The van der Waals surface area contributed by atoms with Crippen LogP contribution in [0.25, 0.3) is 5.65 Å². The Morgan fingerprint density at radius 2 is 2.37 bits per heavy atom. The largest absolute Gasteiger partial charge is 0.307 e. The van der Waals surface area contributed by atoms with E-state index in [1.165, 1.54) is 23.3 Å². The summed E-state index contributed by atoms with van der Waals surface area (Å²) in [5.41, 5.74) is 3.32. The molecule has 3 aromatic heterocycles. The van der Waals surface area contributed by atoms with E-state index in [0.717, 1.165) is 27.3 Å². The van der Waals surface area contributed by atoms with Gasteiger partial charge in [0.05, 0.1) is 6.20 Å². The first-order valence-electron chi connectivity index (χ1n) is 5.61. The Bertz CT molecular complexity index is 705. The van der Waals surface area contributed by atoms with Gasteiger partial charge in [0.1, 0.15) is 10.9 Å². The lowest BCUT2D eigenvalue weighted by Crippen LogP contribution is -2.10. The first-order valence-corrected chi connectivity index (χ1v) is 7.20. The number of nitrogens with zero attached hydrogens (tertiary/aromatic N) is 5. The van der Waals surface area contributed by atoms with Crippen LogP contribution in [0.4, 0.5) is 5.82 Å². The first kappa shape index (κ1) is 12.3. The van der Waals surface area contributed by atoms with Crippen molar-refractivity contribution in [2.75, 3.05) is 5.43 Å². The van der Waals surface area contributed by atoms with E-state index in [2.05, 4.69) is 24.8 Å². The third kappa shape index (κ3) is 2.39. The molecule has 0 aliphatic carbocycles. The molecule has 0 radical (unpaired) electrons. The molecule has 0 atom stereocenters. The maximum absolute atomic E-state index is 5.42. The van der Waals surface area contributed by atoms with Gasteiger partial charge in [-0.3, -0.25) is 0 Å². The lowest BCUT2D eigenvalue weighted by atomic mass is 10.5. The van der Waals surface area contributed by atoms with E-state index in [1.54, 1.807) is 12.4 Å². The number of rotatable bonds is 4. The quantitative estimate of drug-likeness (QED) is 0.557. The summed E-state index contributed by atoms with van der Waals surface area (Å²) < 4.78 is 6.97.